The molecule has 1 fully saturated rings. The molecular weight excluding hydrogens is 448 g/mol. The number of nitrogen functional groups attached to an aromatic ring is 1. The van der Waals surface area contributed by atoms with Crippen molar-refractivity contribution in [3.8, 4) is 22.5 Å². The number of thiophene rings is 1. The number of carbonyl (C=O) groups is 1. The van der Waals surface area contributed by atoms with Gasteiger partial charge in [0.05, 0.1) is 19.3 Å². The van der Waals surface area contributed by atoms with Crippen molar-refractivity contribution < 1.29 is 13.9 Å². The van der Waals surface area contributed by atoms with E-state index in [2.05, 4.69) is 21.0 Å². The highest BCUT2D eigenvalue weighted by molar-refractivity contribution is 7.20. The molecule has 172 valence electrons. The van der Waals surface area contributed by atoms with Gasteiger partial charge in [0.15, 0.2) is 11.4 Å². The number of aromatic nitrogens is 3. The number of hydrogen-bond acceptors (Lipinski definition) is 7. The van der Waals surface area contributed by atoms with Crippen molar-refractivity contribution in [1.29, 1.82) is 0 Å². The van der Waals surface area contributed by atoms with Gasteiger partial charge in [0, 0.05) is 39.2 Å². The van der Waals surface area contributed by atoms with Crippen LogP contribution in [0.3, 0.4) is 0 Å². The minimum Gasteiger partial charge on any atom is -0.465 e. The van der Waals surface area contributed by atoms with Crippen molar-refractivity contribution in [2.45, 2.75) is 38.1 Å². The zero-order valence-corrected chi connectivity index (χ0v) is 19.6. The van der Waals surface area contributed by atoms with Crippen molar-refractivity contribution >= 4 is 44.2 Å². The van der Waals surface area contributed by atoms with Gasteiger partial charge in [-0.05, 0) is 48.6 Å². The van der Waals surface area contributed by atoms with E-state index in [4.69, 9.17) is 14.9 Å². The Morgan fingerprint density at radius 1 is 1.15 bits per heavy atom. The number of rotatable bonds is 4. The van der Waals surface area contributed by atoms with Gasteiger partial charge in [-0.3, -0.25) is 4.68 Å². The van der Waals surface area contributed by atoms with Gasteiger partial charge in [0.1, 0.15) is 10.6 Å². The third kappa shape index (κ3) is 3.54. The lowest BCUT2D eigenvalue weighted by molar-refractivity contribution is 0.0606. The molecule has 4 heterocycles. The van der Waals surface area contributed by atoms with Gasteiger partial charge in [-0.15, -0.1) is 11.3 Å². The average Bonchev–Trinajstić information content (AvgIpc) is 3.62. The first-order valence-electron chi connectivity index (χ1n) is 11.5. The summed E-state index contributed by atoms with van der Waals surface area (Å²) in [5.74, 6) is 0.723. The number of ether oxygens (including phenoxy) is 1. The van der Waals surface area contributed by atoms with Gasteiger partial charge >= 0.3 is 5.97 Å². The molecular formula is C26H24N4O3S. The maximum Gasteiger partial charge on any atom is 0.348 e. The fourth-order valence-electron chi connectivity index (χ4n) is 4.84. The minimum absolute atomic E-state index is 0.330. The largest absolute Gasteiger partial charge is 0.465 e. The third-order valence-electron chi connectivity index (χ3n) is 6.64. The molecule has 4 aromatic heterocycles. The number of benzene rings is 1. The molecule has 1 aromatic carbocycles. The Balaban J connectivity index is 1.40. The van der Waals surface area contributed by atoms with Crippen molar-refractivity contribution in [3.05, 3.63) is 53.8 Å². The molecule has 0 spiro atoms. The molecule has 7 nitrogen and oxygen atoms in total. The number of carbonyl (C=O) groups excluding carboxylic acids is 1. The lowest BCUT2D eigenvalue weighted by Crippen LogP contribution is -2.12. The lowest BCUT2D eigenvalue weighted by atomic mass is 9.96. The lowest BCUT2D eigenvalue weighted by Gasteiger charge is -2.21. The number of fused-ring (bicyclic) bond motifs is 2. The molecule has 0 amide bonds. The van der Waals surface area contributed by atoms with Gasteiger partial charge in [0.2, 0.25) is 0 Å². The topological polar surface area (TPSA) is 96.2 Å². The number of nitrogens with two attached hydrogens (primary N) is 1. The zero-order chi connectivity index (χ0) is 23.2. The summed E-state index contributed by atoms with van der Waals surface area (Å²) < 4.78 is 14.2. The molecule has 0 bridgehead atoms. The second-order valence-corrected chi connectivity index (χ2v) is 9.85. The Bertz CT molecular complexity index is 1520. The number of nitrogens with zero attached hydrogens (tertiary/aromatic N) is 3. The summed E-state index contributed by atoms with van der Waals surface area (Å²) in [5.41, 5.74) is 9.61. The highest BCUT2D eigenvalue weighted by atomic mass is 32.1. The summed E-state index contributed by atoms with van der Waals surface area (Å²) in [6.45, 7) is 0. The number of methoxy groups -OCH3 is 1. The second kappa shape index (κ2) is 8.29. The third-order valence-corrected chi connectivity index (χ3v) is 7.73. The van der Waals surface area contributed by atoms with Crippen LogP contribution >= 0.6 is 11.3 Å². The van der Waals surface area contributed by atoms with Gasteiger partial charge in [-0.25, -0.2) is 9.78 Å². The monoisotopic (exact) mass is 472 g/mol. The van der Waals surface area contributed by atoms with Crippen molar-refractivity contribution in [2.24, 2.45) is 0 Å². The van der Waals surface area contributed by atoms with E-state index in [9.17, 15) is 4.79 Å². The van der Waals surface area contributed by atoms with E-state index >= 15 is 0 Å². The highest BCUT2D eigenvalue weighted by Crippen LogP contribution is 2.38. The standard InChI is InChI=1S/C26H24N4O3S/c1-32-26(31)23-10-16-9-15(7-8-22(16)34-23)21-11-19-20(13-28-25(27)24(19)33-21)17-12-29-30(14-17)18-5-3-2-4-6-18/h7-14,18H,2-6H2,1H3,(H2,27,28). The van der Waals surface area contributed by atoms with Gasteiger partial charge in [-0.2, -0.15) is 5.10 Å². The smallest absolute Gasteiger partial charge is 0.348 e. The van der Waals surface area contributed by atoms with Crippen LogP contribution in [-0.2, 0) is 4.74 Å². The van der Waals surface area contributed by atoms with Crippen molar-refractivity contribution in [2.75, 3.05) is 12.8 Å². The molecule has 1 saturated carbocycles. The molecule has 5 aromatic rings. The van der Waals surface area contributed by atoms with Crippen LogP contribution in [0, 0.1) is 0 Å². The molecule has 0 unspecified atom stereocenters. The summed E-state index contributed by atoms with van der Waals surface area (Å²) in [5, 5.41) is 6.53. The van der Waals surface area contributed by atoms with Crippen LogP contribution in [0.2, 0.25) is 0 Å². The summed E-state index contributed by atoms with van der Waals surface area (Å²) in [7, 11) is 1.39. The SMILES string of the molecule is COC(=O)c1cc2cc(-c3cc4c(-c5cnn(C6CCCCC6)c5)cnc(N)c4o3)ccc2s1. The van der Waals surface area contributed by atoms with E-state index in [-0.39, 0.29) is 5.97 Å². The predicted octanol–water partition coefficient (Wildman–Crippen LogP) is 6.45. The fraction of sp³-hybridized carbons (Fsp3) is 0.269. The molecule has 0 atom stereocenters. The molecule has 8 heteroatoms. The summed E-state index contributed by atoms with van der Waals surface area (Å²) >= 11 is 1.41. The molecule has 2 N–H and O–H groups in total. The molecule has 34 heavy (non-hydrogen) atoms. The molecule has 1 aliphatic rings. The van der Waals surface area contributed by atoms with Crippen LogP contribution in [0.15, 0.2) is 53.3 Å². The molecule has 1 aliphatic carbocycles. The zero-order valence-electron chi connectivity index (χ0n) is 18.8. The van der Waals surface area contributed by atoms with Crippen LogP contribution in [0.5, 0.6) is 0 Å². The molecule has 0 radical (unpaired) electrons. The van der Waals surface area contributed by atoms with Gasteiger partial charge < -0.3 is 14.9 Å². The average molecular weight is 473 g/mol. The predicted molar refractivity (Wildman–Crippen MR) is 134 cm³/mol. The van der Waals surface area contributed by atoms with Crippen molar-refractivity contribution in [1.82, 2.24) is 14.8 Å². The van der Waals surface area contributed by atoms with Gasteiger partial charge in [-0.1, -0.05) is 19.3 Å². The first-order chi connectivity index (χ1) is 16.6. The Morgan fingerprint density at radius 2 is 2.00 bits per heavy atom. The molecule has 0 saturated heterocycles. The Morgan fingerprint density at radius 3 is 2.82 bits per heavy atom. The Labute approximate surface area is 200 Å². The maximum atomic E-state index is 11.9. The highest BCUT2D eigenvalue weighted by Gasteiger charge is 2.20. The molecule has 6 rings (SSSR count). The van der Waals surface area contributed by atoms with Crippen LogP contribution < -0.4 is 5.73 Å². The van der Waals surface area contributed by atoms with E-state index in [1.165, 1.54) is 50.6 Å². The van der Waals surface area contributed by atoms with E-state index in [0.29, 0.717) is 28.1 Å². The number of esters is 1. The van der Waals surface area contributed by atoms with E-state index < -0.39 is 0 Å². The maximum absolute atomic E-state index is 11.9. The first-order valence-corrected chi connectivity index (χ1v) is 12.3. The van der Waals surface area contributed by atoms with Crippen LogP contribution in [0.25, 0.3) is 43.5 Å². The Hall–Kier alpha value is -3.65. The summed E-state index contributed by atoms with van der Waals surface area (Å²) in [6, 6.07) is 10.3. The van der Waals surface area contributed by atoms with Crippen LogP contribution in [-0.4, -0.2) is 27.8 Å². The normalized spacial score (nSPS) is 14.7. The number of hydrogen-bond donors (Lipinski definition) is 1. The summed E-state index contributed by atoms with van der Waals surface area (Å²) in [6.07, 6.45) is 12.0. The Kier molecular flexibility index (Phi) is 5.10. The van der Waals surface area contributed by atoms with Crippen molar-refractivity contribution in [3.63, 3.8) is 0 Å². The van der Waals surface area contributed by atoms with Gasteiger partial charge in [0.25, 0.3) is 0 Å². The minimum atomic E-state index is -0.330. The number of anilines is 1. The van der Waals surface area contributed by atoms with E-state index in [1.807, 2.05) is 36.5 Å². The molecule has 0 aliphatic heterocycles. The van der Waals surface area contributed by atoms with Crippen LogP contribution in [0.1, 0.15) is 47.8 Å². The van der Waals surface area contributed by atoms with E-state index in [1.54, 1.807) is 6.20 Å². The number of pyridine rings is 1. The quantitative estimate of drug-likeness (QED) is 0.302. The fourth-order valence-corrected chi connectivity index (χ4v) is 5.80. The number of furan rings is 1. The first kappa shape index (κ1) is 20.9. The van der Waals surface area contributed by atoms with Crippen LogP contribution in [0.4, 0.5) is 5.82 Å². The summed E-state index contributed by atoms with van der Waals surface area (Å²) in [4.78, 5) is 16.9. The van der Waals surface area contributed by atoms with E-state index in [0.717, 1.165) is 32.2 Å². The second-order valence-electron chi connectivity index (χ2n) is 8.77.